The number of hydrogen-bond acceptors (Lipinski definition) is 7. The number of benzene rings is 4. The zero-order valence-electron chi connectivity index (χ0n) is 24.4. The molecule has 0 saturated carbocycles. The van der Waals surface area contributed by atoms with E-state index in [-0.39, 0.29) is 23.1 Å². The van der Waals surface area contributed by atoms with Crippen LogP contribution >= 0.6 is 0 Å². The van der Waals surface area contributed by atoms with Crippen LogP contribution in [0.4, 0.5) is 14.5 Å². The van der Waals surface area contributed by atoms with Gasteiger partial charge in [0.2, 0.25) is 0 Å². The number of carbonyl (C=O) groups excluding carboxylic acids is 1. The first-order valence-electron chi connectivity index (χ1n) is 13.6. The van der Waals surface area contributed by atoms with Crippen LogP contribution in [-0.4, -0.2) is 32.5 Å². The van der Waals surface area contributed by atoms with Gasteiger partial charge in [0, 0.05) is 36.5 Å². The maximum Gasteiger partial charge on any atom is 0.177 e. The van der Waals surface area contributed by atoms with Crippen molar-refractivity contribution in [3.63, 3.8) is 0 Å². The predicted molar refractivity (Wildman–Crippen MR) is 164 cm³/mol. The maximum absolute atomic E-state index is 13.6. The number of oxime groups is 1. The lowest BCUT2D eigenvalue weighted by atomic mass is 10.2. The van der Waals surface area contributed by atoms with E-state index in [1.54, 1.807) is 18.3 Å². The molecule has 0 saturated heterocycles. The van der Waals surface area contributed by atoms with Crippen molar-refractivity contribution in [3.8, 4) is 40.1 Å². The highest BCUT2D eigenvalue weighted by Crippen LogP contribution is 2.42. The Bertz CT molecular complexity index is 1930. The Hall–Kier alpha value is -5.64. The fraction of sp³-hybridized carbons (Fsp3) is 0.118. The number of nitrogens with zero attached hydrogens (tertiary/aromatic N) is 4. The molecule has 2 aliphatic rings. The number of hydrogen-bond donors (Lipinski definition) is 1. The molecule has 0 bridgehead atoms. The number of aromatic nitrogens is 2. The first-order valence-corrected chi connectivity index (χ1v) is 13.6. The van der Waals surface area contributed by atoms with E-state index in [4.69, 9.17) is 14.7 Å². The van der Waals surface area contributed by atoms with Gasteiger partial charge in [0.25, 0.3) is 0 Å². The summed E-state index contributed by atoms with van der Waals surface area (Å²) >= 11 is 0. The number of aryl methyl sites for hydroxylation is 1. The summed E-state index contributed by atoms with van der Waals surface area (Å²) in [5.74, 6) is 2.27. The van der Waals surface area contributed by atoms with Crippen molar-refractivity contribution in [1.29, 1.82) is 0 Å². The van der Waals surface area contributed by atoms with Gasteiger partial charge in [-0.1, -0.05) is 29.4 Å². The van der Waals surface area contributed by atoms with Gasteiger partial charge in [0.1, 0.15) is 40.4 Å². The summed E-state index contributed by atoms with van der Waals surface area (Å²) in [6.07, 6.45) is 1.68. The van der Waals surface area contributed by atoms with Crippen molar-refractivity contribution in [2.24, 2.45) is 10.1 Å². The number of rotatable bonds is 1. The number of halogens is 2. The van der Waals surface area contributed by atoms with E-state index in [9.17, 15) is 13.6 Å². The molecular formula is C34H28F2N4O4. The lowest BCUT2D eigenvalue weighted by Crippen LogP contribution is -2.02. The Kier molecular flexibility index (Phi) is 8.61. The molecule has 0 spiro atoms. The SMILES string of the molecule is CC(=O)/C(C)=N\O.Cc1nc2n(c1C)-c1ccccc1Oc1cc(F)ccc1-2.Fc1ccc2c(c1)Oc1ccccc1N=C2. The zero-order valence-corrected chi connectivity index (χ0v) is 24.4. The number of Topliss-reactive ketones (excluding diaryl/α,β-unsaturated/α-hetero) is 1. The minimum absolute atomic E-state index is 0.139. The fourth-order valence-corrected chi connectivity index (χ4v) is 4.38. The number of aliphatic imine (C=N–C) groups is 1. The second-order valence-electron chi connectivity index (χ2n) is 9.90. The van der Waals surface area contributed by atoms with Crippen molar-refractivity contribution in [2.45, 2.75) is 27.7 Å². The van der Waals surface area contributed by atoms with Gasteiger partial charge in [-0.15, -0.1) is 0 Å². The molecule has 8 nitrogen and oxygen atoms in total. The van der Waals surface area contributed by atoms with Gasteiger partial charge in [-0.25, -0.2) is 13.8 Å². The van der Waals surface area contributed by atoms with Crippen molar-refractivity contribution in [3.05, 3.63) is 114 Å². The minimum Gasteiger partial charge on any atom is -0.454 e. The van der Waals surface area contributed by atoms with Crippen LogP contribution in [-0.2, 0) is 4.79 Å². The highest BCUT2D eigenvalue weighted by molar-refractivity contribution is 6.37. The van der Waals surface area contributed by atoms with Crippen molar-refractivity contribution < 1.29 is 28.3 Å². The molecule has 1 aromatic heterocycles. The van der Waals surface area contributed by atoms with Crippen LogP contribution in [0.3, 0.4) is 0 Å². The van der Waals surface area contributed by atoms with Gasteiger partial charge in [0.05, 0.1) is 16.9 Å². The van der Waals surface area contributed by atoms with Crippen molar-refractivity contribution in [1.82, 2.24) is 9.55 Å². The number of fused-ring (bicyclic) bond motifs is 7. The Morgan fingerprint density at radius 2 is 1.45 bits per heavy atom. The highest BCUT2D eigenvalue weighted by atomic mass is 19.1. The lowest BCUT2D eigenvalue weighted by Gasteiger charge is -2.10. The van der Waals surface area contributed by atoms with Gasteiger partial charge in [-0.2, -0.15) is 0 Å². The Morgan fingerprint density at radius 3 is 2.16 bits per heavy atom. The average Bonchev–Trinajstić information content (AvgIpc) is 3.14. The van der Waals surface area contributed by atoms with Gasteiger partial charge < -0.3 is 14.7 Å². The molecule has 0 amide bonds. The molecule has 0 fully saturated rings. The first-order chi connectivity index (χ1) is 21.2. The van der Waals surface area contributed by atoms with Gasteiger partial charge in [0.15, 0.2) is 17.3 Å². The molecule has 5 aromatic rings. The summed E-state index contributed by atoms with van der Waals surface area (Å²) < 4.78 is 40.2. The molecule has 44 heavy (non-hydrogen) atoms. The summed E-state index contributed by atoms with van der Waals surface area (Å²) in [5.41, 5.74) is 5.39. The van der Waals surface area contributed by atoms with Gasteiger partial charge in [-0.3, -0.25) is 14.4 Å². The molecule has 3 heterocycles. The largest absolute Gasteiger partial charge is 0.454 e. The fourth-order valence-electron chi connectivity index (χ4n) is 4.38. The van der Waals surface area contributed by atoms with E-state index in [2.05, 4.69) is 19.7 Å². The van der Waals surface area contributed by atoms with Gasteiger partial charge >= 0.3 is 0 Å². The Morgan fingerprint density at radius 1 is 0.818 bits per heavy atom. The molecule has 0 atom stereocenters. The van der Waals surface area contributed by atoms with E-state index >= 15 is 0 Å². The first kappa shape index (κ1) is 29.8. The zero-order chi connectivity index (χ0) is 31.4. The molecule has 1 N–H and O–H groups in total. The van der Waals surface area contributed by atoms with E-state index < -0.39 is 0 Å². The Labute approximate surface area is 252 Å². The molecular weight excluding hydrogens is 566 g/mol. The monoisotopic (exact) mass is 594 g/mol. The third-order valence-electron chi connectivity index (χ3n) is 6.92. The number of ether oxygens (including phenoxy) is 2. The predicted octanol–water partition coefficient (Wildman–Crippen LogP) is 8.51. The van der Waals surface area contributed by atoms with Gasteiger partial charge in [-0.05, 0) is 69.3 Å². The van der Waals surface area contributed by atoms with E-state index in [1.165, 1.54) is 38.1 Å². The Balaban J connectivity index is 0.000000148. The van der Waals surface area contributed by atoms with Crippen LogP contribution in [0.15, 0.2) is 95.1 Å². The summed E-state index contributed by atoms with van der Waals surface area (Å²) in [7, 11) is 0. The third-order valence-corrected chi connectivity index (χ3v) is 6.92. The highest BCUT2D eigenvalue weighted by Gasteiger charge is 2.24. The molecule has 0 unspecified atom stereocenters. The molecule has 0 radical (unpaired) electrons. The second-order valence-corrected chi connectivity index (χ2v) is 9.90. The number of ketones is 1. The summed E-state index contributed by atoms with van der Waals surface area (Å²) in [5, 5.41) is 10.5. The molecule has 0 aliphatic carbocycles. The summed E-state index contributed by atoms with van der Waals surface area (Å²) in [4.78, 5) is 19.0. The number of imidazole rings is 1. The van der Waals surface area contributed by atoms with E-state index in [0.717, 1.165) is 39.7 Å². The smallest absolute Gasteiger partial charge is 0.177 e. The number of carbonyl (C=O) groups is 1. The van der Waals surface area contributed by atoms with Crippen molar-refractivity contribution in [2.75, 3.05) is 0 Å². The van der Waals surface area contributed by atoms with E-state index in [0.29, 0.717) is 23.0 Å². The summed E-state index contributed by atoms with van der Waals surface area (Å²) in [6.45, 7) is 6.79. The second kappa shape index (κ2) is 12.7. The van der Waals surface area contributed by atoms with Crippen molar-refractivity contribution >= 4 is 23.4 Å². The van der Waals surface area contributed by atoms with Crippen LogP contribution in [0.5, 0.6) is 23.0 Å². The third kappa shape index (κ3) is 6.24. The van der Waals surface area contributed by atoms with Crippen LogP contribution in [0.2, 0.25) is 0 Å². The van der Waals surface area contributed by atoms with E-state index in [1.807, 2.05) is 62.4 Å². The van der Waals surface area contributed by atoms with Crippen LogP contribution in [0.25, 0.3) is 17.1 Å². The number of para-hydroxylation sites is 4. The standard InChI is InChI=1S/C17H13FN2O.C13H8FNO.C4H7NO2/c1-10-11(2)20-14-5-3-4-6-15(14)21-16-9-12(18)7-8-13(16)17(20)19-10;14-10-6-5-9-8-15-11-3-1-2-4-12(11)16-13(9)7-10;1-3(5-7)4(2)6/h3-9H,1-2H3;1-8H;7H,1-2H3/b;;5-3-. The minimum atomic E-state index is -0.320. The van der Waals surface area contributed by atoms with Crippen LogP contribution < -0.4 is 9.47 Å². The molecule has 7 rings (SSSR count). The lowest BCUT2D eigenvalue weighted by molar-refractivity contribution is -0.111. The van der Waals surface area contributed by atoms with Crippen LogP contribution in [0.1, 0.15) is 30.8 Å². The molecule has 10 heteroatoms. The normalized spacial score (nSPS) is 12.0. The molecule has 222 valence electrons. The molecule has 2 aliphatic heterocycles. The molecule has 4 aromatic carbocycles. The quantitative estimate of drug-likeness (QED) is 0.117. The summed E-state index contributed by atoms with van der Waals surface area (Å²) in [6, 6.07) is 24.1. The topological polar surface area (TPSA) is 98.3 Å². The maximum atomic E-state index is 13.6. The average molecular weight is 595 g/mol. The van der Waals surface area contributed by atoms with Crippen LogP contribution in [0, 0.1) is 25.5 Å².